The van der Waals surface area contributed by atoms with Crippen LogP contribution in [0.2, 0.25) is 0 Å². The smallest absolute Gasteiger partial charge is 0.221 e. The minimum Gasteiger partial charge on any atom is -0.368 e. The topological polar surface area (TPSA) is 51.8 Å². The lowest BCUT2D eigenvalue weighted by molar-refractivity contribution is 0.624. The molecule has 1 aromatic carbocycles. The Bertz CT molecular complexity index is 521. The van der Waals surface area contributed by atoms with Crippen LogP contribution in [-0.4, -0.2) is 9.97 Å². The van der Waals surface area contributed by atoms with E-state index in [1.807, 2.05) is 0 Å². The molecule has 0 saturated heterocycles. The quantitative estimate of drug-likeness (QED) is 0.866. The second-order valence-corrected chi connectivity index (χ2v) is 4.86. The molecule has 0 radical (unpaired) electrons. The molecule has 1 aromatic heterocycles. The van der Waals surface area contributed by atoms with Crippen molar-refractivity contribution < 1.29 is 4.39 Å². The number of nitrogens with zero attached hydrogens (tertiary/aromatic N) is 2. The van der Waals surface area contributed by atoms with E-state index in [1.165, 1.54) is 23.9 Å². The van der Waals surface area contributed by atoms with Gasteiger partial charge in [0.05, 0.1) is 4.47 Å². The molecule has 16 heavy (non-hydrogen) atoms. The van der Waals surface area contributed by atoms with E-state index in [9.17, 15) is 4.39 Å². The zero-order valence-corrected chi connectivity index (χ0v) is 10.4. The highest BCUT2D eigenvalue weighted by molar-refractivity contribution is 9.10. The molecule has 0 amide bonds. The van der Waals surface area contributed by atoms with Crippen molar-refractivity contribution in [2.45, 2.75) is 9.92 Å². The summed E-state index contributed by atoms with van der Waals surface area (Å²) in [6.07, 6.45) is 1.57. The maximum Gasteiger partial charge on any atom is 0.221 e. The lowest BCUT2D eigenvalue weighted by atomic mass is 10.4. The van der Waals surface area contributed by atoms with Gasteiger partial charge >= 0.3 is 0 Å². The molecule has 0 unspecified atom stereocenters. The van der Waals surface area contributed by atoms with E-state index in [1.54, 1.807) is 18.3 Å². The second kappa shape index (κ2) is 4.80. The van der Waals surface area contributed by atoms with Crippen molar-refractivity contribution in [1.29, 1.82) is 0 Å². The van der Waals surface area contributed by atoms with E-state index in [4.69, 9.17) is 5.73 Å². The van der Waals surface area contributed by atoms with Crippen molar-refractivity contribution in [3.05, 3.63) is 40.8 Å². The second-order valence-electron chi connectivity index (χ2n) is 2.94. The fourth-order valence-electron chi connectivity index (χ4n) is 1.08. The van der Waals surface area contributed by atoms with E-state index in [0.29, 0.717) is 5.03 Å². The summed E-state index contributed by atoms with van der Waals surface area (Å²) in [5.41, 5.74) is 5.48. The van der Waals surface area contributed by atoms with Crippen molar-refractivity contribution in [3.8, 4) is 0 Å². The van der Waals surface area contributed by atoms with Crippen molar-refractivity contribution >= 4 is 33.6 Å². The Hall–Kier alpha value is -1.14. The summed E-state index contributed by atoms with van der Waals surface area (Å²) in [5, 5.41) is 0.665. The van der Waals surface area contributed by atoms with E-state index in [0.717, 1.165) is 9.37 Å². The Balaban J connectivity index is 2.30. The lowest BCUT2D eigenvalue weighted by Gasteiger charge is -2.03. The van der Waals surface area contributed by atoms with Gasteiger partial charge in [0.2, 0.25) is 5.95 Å². The normalized spacial score (nSPS) is 10.4. The van der Waals surface area contributed by atoms with Crippen molar-refractivity contribution in [2.24, 2.45) is 0 Å². The molecule has 2 N–H and O–H groups in total. The van der Waals surface area contributed by atoms with Crippen LogP contribution < -0.4 is 5.73 Å². The third-order valence-electron chi connectivity index (χ3n) is 1.74. The highest BCUT2D eigenvalue weighted by atomic mass is 79.9. The molecule has 2 aromatic rings. The molecule has 0 fully saturated rings. The molecule has 0 saturated carbocycles. The van der Waals surface area contributed by atoms with Gasteiger partial charge in [0.15, 0.2) is 0 Å². The molecular formula is C10H7BrFN3S. The predicted molar refractivity (Wildman–Crippen MR) is 64.7 cm³/mol. The van der Waals surface area contributed by atoms with Crippen molar-refractivity contribution in [2.75, 3.05) is 5.73 Å². The van der Waals surface area contributed by atoms with Crippen LogP contribution in [0, 0.1) is 5.82 Å². The average molecular weight is 300 g/mol. The van der Waals surface area contributed by atoms with Crippen LogP contribution in [0.5, 0.6) is 0 Å². The highest BCUT2D eigenvalue weighted by Crippen LogP contribution is 2.31. The highest BCUT2D eigenvalue weighted by Gasteiger charge is 2.06. The van der Waals surface area contributed by atoms with Crippen LogP contribution in [-0.2, 0) is 0 Å². The molecule has 82 valence electrons. The minimum atomic E-state index is -0.275. The molecule has 6 heteroatoms. The number of aromatic nitrogens is 2. The van der Waals surface area contributed by atoms with Crippen LogP contribution in [0.4, 0.5) is 10.3 Å². The maximum absolute atomic E-state index is 13.0. The first-order valence-corrected chi connectivity index (χ1v) is 5.97. The summed E-state index contributed by atoms with van der Waals surface area (Å²) in [6.45, 7) is 0. The molecule has 0 atom stereocenters. The van der Waals surface area contributed by atoms with Crippen LogP contribution in [0.3, 0.4) is 0 Å². The first-order valence-electron chi connectivity index (χ1n) is 4.36. The number of anilines is 1. The van der Waals surface area contributed by atoms with Gasteiger partial charge in [-0.15, -0.1) is 0 Å². The molecule has 0 spiro atoms. The zero-order chi connectivity index (χ0) is 11.5. The van der Waals surface area contributed by atoms with E-state index in [2.05, 4.69) is 25.9 Å². The molecule has 1 heterocycles. The third kappa shape index (κ3) is 2.70. The van der Waals surface area contributed by atoms with E-state index < -0.39 is 0 Å². The van der Waals surface area contributed by atoms with Gasteiger partial charge in [-0.2, -0.15) is 0 Å². The number of rotatable bonds is 2. The Labute approximate surface area is 104 Å². The SMILES string of the molecule is Nc1ncc(Br)c(Sc2cccc(F)c2)n1. The summed E-state index contributed by atoms with van der Waals surface area (Å²) in [5.74, 6) is -0.0785. The van der Waals surface area contributed by atoms with E-state index >= 15 is 0 Å². The fraction of sp³-hybridized carbons (Fsp3) is 0. The summed E-state index contributed by atoms with van der Waals surface area (Å²) >= 11 is 4.64. The summed E-state index contributed by atoms with van der Waals surface area (Å²) < 4.78 is 13.7. The van der Waals surface area contributed by atoms with Gasteiger partial charge in [-0.05, 0) is 34.1 Å². The minimum absolute atomic E-state index is 0.196. The number of halogens is 2. The van der Waals surface area contributed by atoms with Crippen LogP contribution in [0.1, 0.15) is 0 Å². The molecule has 2 rings (SSSR count). The summed E-state index contributed by atoms with van der Waals surface area (Å²) in [6, 6.07) is 6.29. The predicted octanol–water partition coefficient (Wildman–Crippen LogP) is 3.11. The standard InChI is InChI=1S/C10H7BrFN3S/c11-8-5-14-10(13)15-9(8)16-7-3-1-2-6(12)4-7/h1-5H,(H2,13,14,15). The van der Waals surface area contributed by atoms with Gasteiger partial charge in [-0.3, -0.25) is 0 Å². The monoisotopic (exact) mass is 299 g/mol. The van der Waals surface area contributed by atoms with Gasteiger partial charge in [-0.25, -0.2) is 14.4 Å². The Morgan fingerprint density at radius 2 is 2.19 bits per heavy atom. The number of hydrogen-bond acceptors (Lipinski definition) is 4. The fourth-order valence-corrected chi connectivity index (χ4v) is 2.34. The van der Waals surface area contributed by atoms with Crippen molar-refractivity contribution in [3.63, 3.8) is 0 Å². The molecule has 0 aliphatic rings. The average Bonchev–Trinajstić information content (AvgIpc) is 2.24. The molecule has 0 aliphatic heterocycles. The Morgan fingerprint density at radius 1 is 1.38 bits per heavy atom. The molecule has 3 nitrogen and oxygen atoms in total. The number of nitrogen functional groups attached to an aromatic ring is 1. The van der Waals surface area contributed by atoms with Crippen LogP contribution in [0.25, 0.3) is 0 Å². The van der Waals surface area contributed by atoms with Gasteiger partial charge in [0.1, 0.15) is 10.8 Å². The third-order valence-corrected chi connectivity index (χ3v) is 3.58. The van der Waals surface area contributed by atoms with Gasteiger partial charge < -0.3 is 5.73 Å². The number of nitrogens with two attached hydrogens (primary N) is 1. The lowest BCUT2D eigenvalue weighted by Crippen LogP contribution is -1.95. The van der Waals surface area contributed by atoms with E-state index in [-0.39, 0.29) is 11.8 Å². The zero-order valence-electron chi connectivity index (χ0n) is 8.02. The molecule has 0 bridgehead atoms. The largest absolute Gasteiger partial charge is 0.368 e. The van der Waals surface area contributed by atoms with Gasteiger partial charge in [0.25, 0.3) is 0 Å². The first-order chi connectivity index (χ1) is 7.65. The Morgan fingerprint density at radius 3 is 2.94 bits per heavy atom. The number of hydrogen-bond donors (Lipinski definition) is 1. The summed E-state index contributed by atoms with van der Waals surface area (Å²) in [4.78, 5) is 8.65. The summed E-state index contributed by atoms with van der Waals surface area (Å²) in [7, 11) is 0. The number of benzene rings is 1. The van der Waals surface area contributed by atoms with Crippen LogP contribution in [0.15, 0.2) is 44.9 Å². The molecular weight excluding hydrogens is 293 g/mol. The maximum atomic E-state index is 13.0. The van der Waals surface area contributed by atoms with Crippen LogP contribution >= 0.6 is 27.7 Å². The van der Waals surface area contributed by atoms with Gasteiger partial charge in [-0.1, -0.05) is 17.8 Å². The van der Waals surface area contributed by atoms with Crippen molar-refractivity contribution in [1.82, 2.24) is 9.97 Å². The molecule has 0 aliphatic carbocycles. The first kappa shape index (κ1) is 11.3. The van der Waals surface area contributed by atoms with Gasteiger partial charge in [0, 0.05) is 11.1 Å². The Kier molecular flexibility index (Phi) is 3.40.